The minimum absolute atomic E-state index is 0. The zero-order chi connectivity index (χ0) is 6.69. The van der Waals surface area contributed by atoms with Crippen LogP contribution in [-0.2, 0) is 0 Å². The molecule has 10 heavy (non-hydrogen) atoms. The summed E-state index contributed by atoms with van der Waals surface area (Å²) in [5, 5.41) is 0. The maximum absolute atomic E-state index is 4.08. The zero-order valence-electron chi connectivity index (χ0n) is 5.87. The third-order valence-electron chi connectivity index (χ3n) is 1.27. The highest BCUT2D eigenvalue weighted by Gasteiger charge is 1.88. The molecule has 0 unspecified atom stereocenters. The number of rotatable bonds is 1. The summed E-state index contributed by atoms with van der Waals surface area (Å²) in [6, 6.07) is 3.90. The van der Waals surface area contributed by atoms with Crippen molar-refractivity contribution in [2.24, 2.45) is 0 Å². The van der Waals surface area contributed by atoms with Gasteiger partial charge >= 0.3 is 0 Å². The summed E-state index contributed by atoms with van der Waals surface area (Å²) >= 11 is 0. The molecule has 1 heterocycles. The second-order valence-corrected chi connectivity index (χ2v) is 1.88. The molecule has 0 radical (unpaired) electrons. The van der Waals surface area contributed by atoms with Crippen molar-refractivity contribution in [3.05, 3.63) is 36.2 Å². The Bertz CT molecular complexity index is 220. The van der Waals surface area contributed by atoms with Crippen molar-refractivity contribution in [1.29, 1.82) is 0 Å². The van der Waals surface area contributed by atoms with Crippen molar-refractivity contribution < 1.29 is 0 Å². The van der Waals surface area contributed by atoms with Gasteiger partial charge in [-0.3, -0.25) is 4.98 Å². The Morgan fingerprint density at radius 2 is 2.30 bits per heavy atom. The summed E-state index contributed by atoms with van der Waals surface area (Å²) in [4.78, 5) is 4.08. The third kappa shape index (κ3) is 1.85. The molecule has 0 aliphatic rings. The van der Waals surface area contributed by atoms with Gasteiger partial charge in [0.15, 0.2) is 0 Å². The Hall–Kier alpha value is -0.820. The molecule has 1 rings (SSSR count). The maximum Gasteiger partial charge on any atom is 0.0444 e. The second-order valence-electron chi connectivity index (χ2n) is 1.88. The summed E-state index contributed by atoms with van der Waals surface area (Å²) in [5.41, 5.74) is 2.14. The molecule has 0 saturated carbocycles. The van der Waals surface area contributed by atoms with Crippen LogP contribution >= 0.6 is 12.4 Å². The van der Waals surface area contributed by atoms with E-state index >= 15 is 0 Å². The molecule has 54 valence electrons. The SMILES string of the molecule is C=Cc1cccnc1C.Cl. The predicted molar refractivity (Wildman–Crippen MR) is 46.3 cm³/mol. The van der Waals surface area contributed by atoms with Crippen LogP contribution in [-0.4, -0.2) is 4.98 Å². The Morgan fingerprint density at radius 3 is 2.70 bits per heavy atom. The van der Waals surface area contributed by atoms with Crippen molar-refractivity contribution in [3.8, 4) is 0 Å². The molecular weight excluding hydrogens is 146 g/mol. The zero-order valence-corrected chi connectivity index (χ0v) is 6.69. The molecule has 0 atom stereocenters. The average Bonchev–Trinajstić information content (AvgIpc) is 1.89. The summed E-state index contributed by atoms with van der Waals surface area (Å²) < 4.78 is 0. The highest BCUT2D eigenvalue weighted by Crippen LogP contribution is 2.03. The number of hydrogen-bond acceptors (Lipinski definition) is 1. The second kappa shape index (κ2) is 4.07. The van der Waals surface area contributed by atoms with Gasteiger partial charge in [0.05, 0.1) is 0 Å². The van der Waals surface area contributed by atoms with Crippen LogP contribution in [0.3, 0.4) is 0 Å². The highest BCUT2D eigenvalue weighted by atomic mass is 35.5. The number of pyridine rings is 1. The first-order valence-corrected chi connectivity index (χ1v) is 2.88. The molecular formula is C8H10ClN. The first-order valence-electron chi connectivity index (χ1n) is 2.88. The van der Waals surface area contributed by atoms with Gasteiger partial charge in [0.1, 0.15) is 0 Å². The monoisotopic (exact) mass is 155 g/mol. The topological polar surface area (TPSA) is 12.9 Å². The minimum atomic E-state index is 0. The Morgan fingerprint density at radius 1 is 1.60 bits per heavy atom. The van der Waals surface area contributed by atoms with Crippen molar-refractivity contribution in [2.75, 3.05) is 0 Å². The molecule has 1 nitrogen and oxygen atoms in total. The molecule has 0 N–H and O–H groups in total. The lowest BCUT2D eigenvalue weighted by Gasteiger charge is -1.94. The first-order chi connectivity index (χ1) is 4.34. The van der Waals surface area contributed by atoms with Gasteiger partial charge in [-0.25, -0.2) is 0 Å². The van der Waals surface area contributed by atoms with E-state index < -0.39 is 0 Å². The fourth-order valence-corrected chi connectivity index (χ4v) is 0.712. The molecule has 0 spiro atoms. The van der Waals surface area contributed by atoms with Gasteiger partial charge in [-0.1, -0.05) is 18.7 Å². The molecule has 0 aliphatic carbocycles. The molecule has 0 amide bonds. The van der Waals surface area contributed by atoms with Gasteiger partial charge in [-0.2, -0.15) is 0 Å². The number of nitrogens with zero attached hydrogens (tertiary/aromatic N) is 1. The molecule has 0 bridgehead atoms. The van der Waals surface area contributed by atoms with E-state index in [1.807, 2.05) is 25.1 Å². The van der Waals surface area contributed by atoms with E-state index in [1.165, 1.54) is 0 Å². The van der Waals surface area contributed by atoms with E-state index in [4.69, 9.17) is 0 Å². The van der Waals surface area contributed by atoms with Crippen molar-refractivity contribution in [3.63, 3.8) is 0 Å². The molecule has 0 aliphatic heterocycles. The summed E-state index contributed by atoms with van der Waals surface area (Å²) in [5.74, 6) is 0. The minimum Gasteiger partial charge on any atom is -0.261 e. The van der Waals surface area contributed by atoms with Crippen LogP contribution in [0.4, 0.5) is 0 Å². The third-order valence-corrected chi connectivity index (χ3v) is 1.27. The van der Waals surface area contributed by atoms with Crippen molar-refractivity contribution in [2.45, 2.75) is 6.92 Å². The molecule has 0 fully saturated rings. The average molecular weight is 156 g/mol. The van der Waals surface area contributed by atoms with Crippen LogP contribution in [0.2, 0.25) is 0 Å². The van der Waals surface area contributed by atoms with Crippen molar-refractivity contribution in [1.82, 2.24) is 4.98 Å². The Labute approximate surface area is 67.2 Å². The van der Waals surface area contributed by atoms with E-state index in [0.29, 0.717) is 0 Å². The number of hydrogen-bond donors (Lipinski definition) is 0. The molecule has 0 saturated heterocycles. The van der Waals surface area contributed by atoms with Crippen molar-refractivity contribution >= 4 is 18.5 Å². The molecule has 2 heteroatoms. The number of aromatic nitrogens is 1. The Kier molecular flexibility index (Phi) is 3.74. The molecule has 0 aromatic carbocycles. The van der Waals surface area contributed by atoms with Gasteiger partial charge in [-0.05, 0) is 18.6 Å². The molecule has 1 aromatic rings. The quantitative estimate of drug-likeness (QED) is 0.607. The van der Waals surface area contributed by atoms with E-state index in [2.05, 4.69) is 11.6 Å². The van der Waals surface area contributed by atoms with Crippen LogP contribution in [0.1, 0.15) is 11.3 Å². The van der Waals surface area contributed by atoms with Crippen LogP contribution in [0.15, 0.2) is 24.9 Å². The van der Waals surface area contributed by atoms with Crippen LogP contribution in [0.5, 0.6) is 0 Å². The maximum atomic E-state index is 4.08. The van der Waals surface area contributed by atoms with E-state index in [0.717, 1.165) is 11.3 Å². The van der Waals surface area contributed by atoms with E-state index in [1.54, 1.807) is 6.20 Å². The number of halogens is 1. The van der Waals surface area contributed by atoms with Gasteiger partial charge in [-0.15, -0.1) is 12.4 Å². The number of aryl methyl sites for hydroxylation is 1. The predicted octanol–water partition coefficient (Wildman–Crippen LogP) is 2.45. The summed E-state index contributed by atoms with van der Waals surface area (Å²) in [7, 11) is 0. The van der Waals surface area contributed by atoms with E-state index in [-0.39, 0.29) is 12.4 Å². The van der Waals surface area contributed by atoms with Gasteiger partial charge < -0.3 is 0 Å². The van der Waals surface area contributed by atoms with Crippen LogP contribution in [0.25, 0.3) is 6.08 Å². The van der Waals surface area contributed by atoms with Gasteiger partial charge in [0, 0.05) is 11.9 Å². The lowest BCUT2D eigenvalue weighted by molar-refractivity contribution is 1.19. The van der Waals surface area contributed by atoms with E-state index in [9.17, 15) is 0 Å². The normalized spacial score (nSPS) is 8.10. The summed E-state index contributed by atoms with van der Waals surface area (Å²) in [6.45, 7) is 5.62. The smallest absolute Gasteiger partial charge is 0.0444 e. The summed E-state index contributed by atoms with van der Waals surface area (Å²) in [6.07, 6.45) is 3.59. The standard InChI is InChI=1S/C8H9N.ClH/c1-3-8-5-4-6-9-7(8)2;/h3-6H,1H2,2H3;1H. The Balaban J connectivity index is 0.000000810. The van der Waals surface area contributed by atoms with Gasteiger partial charge in [0.2, 0.25) is 0 Å². The van der Waals surface area contributed by atoms with Crippen LogP contribution < -0.4 is 0 Å². The first kappa shape index (κ1) is 9.18. The lowest BCUT2D eigenvalue weighted by Crippen LogP contribution is -1.82. The van der Waals surface area contributed by atoms with Gasteiger partial charge in [0.25, 0.3) is 0 Å². The largest absolute Gasteiger partial charge is 0.261 e. The fourth-order valence-electron chi connectivity index (χ4n) is 0.712. The lowest BCUT2D eigenvalue weighted by atomic mass is 10.2. The molecule has 1 aromatic heterocycles. The highest BCUT2D eigenvalue weighted by molar-refractivity contribution is 5.85. The fraction of sp³-hybridized carbons (Fsp3) is 0.125. The van der Waals surface area contributed by atoms with Crippen LogP contribution in [0, 0.1) is 6.92 Å².